The average Bonchev–Trinajstić information content (AvgIpc) is 3.06. The second-order valence-electron chi connectivity index (χ2n) is 8.22. The summed E-state index contributed by atoms with van der Waals surface area (Å²) < 4.78 is 5.99. The summed E-state index contributed by atoms with van der Waals surface area (Å²) in [7, 11) is 0. The molecule has 10 heteroatoms. The molecule has 2 rings (SSSR count). The van der Waals surface area contributed by atoms with Crippen molar-refractivity contribution in [2.24, 2.45) is 4.99 Å². The Kier molecular flexibility index (Phi) is 11.7. The van der Waals surface area contributed by atoms with E-state index >= 15 is 0 Å². The number of amides is 1. The lowest BCUT2D eigenvalue weighted by Gasteiger charge is -2.31. The molecule has 0 aromatic carbocycles. The molecular formula is C20H34ClIN4O3S. The minimum Gasteiger partial charge on any atom is -0.444 e. The molecule has 7 nitrogen and oxygen atoms in total. The van der Waals surface area contributed by atoms with E-state index in [1.807, 2.05) is 33.8 Å². The number of aliphatic hydroxyl groups excluding tert-OH is 1. The minimum atomic E-state index is -0.670. The molecule has 1 amide bonds. The molecular weight excluding hydrogens is 539 g/mol. The summed E-state index contributed by atoms with van der Waals surface area (Å²) in [5.41, 5.74) is -0.487. The van der Waals surface area contributed by atoms with Gasteiger partial charge in [-0.1, -0.05) is 11.6 Å². The fourth-order valence-corrected chi connectivity index (χ4v) is 4.18. The Hall–Kier alpha value is -0.780. The van der Waals surface area contributed by atoms with Crippen LogP contribution >= 0.6 is 46.9 Å². The second kappa shape index (κ2) is 12.9. The van der Waals surface area contributed by atoms with Crippen molar-refractivity contribution in [2.45, 2.75) is 77.2 Å². The van der Waals surface area contributed by atoms with Gasteiger partial charge in [0, 0.05) is 23.5 Å². The molecule has 30 heavy (non-hydrogen) atoms. The number of rotatable bonds is 6. The van der Waals surface area contributed by atoms with E-state index in [4.69, 9.17) is 16.3 Å². The maximum absolute atomic E-state index is 11.9. The number of halogens is 2. The number of nitrogens with zero attached hydrogens (tertiary/aromatic N) is 1. The molecule has 0 spiro atoms. The molecule has 172 valence electrons. The molecule has 1 fully saturated rings. The Morgan fingerprint density at radius 3 is 2.37 bits per heavy atom. The number of carbonyl (C=O) groups excluding carboxylic acids is 1. The first-order chi connectivity index (χ1) is 13.7. The van der Waals surface area contributed by atoms with Crippen LogP contribution in [0.15, 0.2) is 17.1 Å². The third kappa shape index (κ3) is 10.0. The topological polar surface area (TPSA) is 95.0 Å². The summed E-state index contributed by atoms with van der Waals surface area (Å²) in [4.78, 5) is 17.3. The highest BCUT2D eigenvalue weighted by Crippen LogP contribution is 2.27. The predicted octanol–water partition coefficient (Wildman–Crippen LogP) is 4.44. The Balaban J connectivity index is 0.00000450. The van der Waals surface area contributed by atoms with Crippen molar-refractivity contribution in [1.82, 2.24) is 16.0 Å². The van der Waals surface area contributed by atoms with Crippen molar-refractivity contribution < 1.29 is 14.6 Å². The summed E-state index contributed by atoms with van der Waals surface area (Å²) in [6.07, 6.45) is 2.59. The molecule has 0 aliphatic heterocycles. The summed E-state index contributed by atoms with van der Waals surface area (Å²) in [5.74, 6) is 0.692. The van der Waals surface area contributed by atoms with Gasteiger partial charge in [-0.3, -0.25) is 4.99 Å². The van der Waals surface area contributed by atoms with Crippen molar-refractivity contribution >= 4 is 59.0 Å². The van der Waals surface area contributed by atoms with Crippen LogP contribution in [0.1, 0.15) is 64.4 Å². The lowest BCUT2D eigenvalue weighted by molar-refractivity contribution is 0.0490. The Morgan fingerprint density at radius 1 is 1.27 bits per heavy atom. The highest BCUT2D eigenvalue weighted by atomic mass is 127. The van der Waals surface area contributed by atoms with E-state index in [2.05, 4.69) is 20.9 Å². The molecule has 1 atom stereocenters. The summed E-state index contributed by atoms with van der Waals surface area (Å²) in [6.45, 7) is 8.59. The number of hydrogen-bond acceptors (Lipinski definition) is 5. The molecule has 1 saturated carbocycles. The van der Waals surface area contributed by atoms with Crippen LogP contribution in [-0.4, -0.2) is 47.9 Å². The van der Waals surface area contributed by atoms with Crippen molar-refractivity contribution in [3.63, 3.8) is 0 Å². The molecule has 1 heterocycles. The normalized spacial score (nSPS) is 20.7. The smallest absolute Gasteiger partial charge is 0.407 e. The van der Waals surface area contributed by atoms with Gasteiger partial charge in [-0.2, -0.15) is 0 Å². The van der Waals surface area contributed by atoms with Crippen LogP contribution in [0.3, 0.4) is 0 Å². The highest BCUT2D eigenvalue weighted by molar-refractivity contribution is 14.0. The van der Waals surface area contributed by atoms with Gasteiger partial charge in [0.05, 0.1) is 10.9 Å². The number of carbonyl (C=O) groups is 1. The molecule has 1 aliphatic rings. The third-order valence-corrected chi connectivity index (χ3v) is 5.81. The van der Waals surface area contributed by atoms with E-state index in [-0.39, 0.29) is 48.7 Å². The first-order valence-corrected chi connectivity index (χ1v) is 11.3. The van der Waals surface area contributed by atoms with Crippen LogP contribution in [0.4, 0.5) is 4.79 Å². The highest BCUT2D eigenvalue weighted by Gasteiger charge is 2.25. The lowest BCUT2D eigenvalue weighted by atomic mass is 9.91. The van der Waals surface area contributed by atoms with Crippen LogP contribution in [-0.2, 0) is 4.74 Å². The van der Waals surface area contributed by atoms with E-state index in [1.165, 1.54) is 11.3 Å². The zero-order chi connectivity index (χ0) is 21.4. The number of guanidine groups is 1. The molecule has 4 N–H and O–H groups in total. The number of hydrogen-bond donors (Lipinski definition) is 4. The van der Waals surface area contributed by atoms with Gasteiger partial charge in [-0.05, 0) is 65.5 Å². The van der Waals surface area contributed by atoms with E-state index in [1.54, 1.807) is 6.07 Å². The summed E-state index contributed by atoms with van der Waals surface area (Å²) >= 11 is 7.30. The fourth-order valence-electron chi connectivity index (χ4n) is 3.14. The number of thiophene rings is 1. The largest absolute Gasteiger partial charge is 0.444 e. The molecule has 1 aromatic heterocycles. The molecule has 0 bridgehead atoms. The maximum Gasteiger partial charge on any atom is 0.407 e. The van der Waals surface area contributed by atoms with Gasteiger partial charge >= 0.3 is 6.09 Å². The van der Waals surface area contributed by atoms with Gasteiger partial charge in [0.2, 0.25) is 0 Å². The van der Waals surface area contributed by atoms with Gasteiger partial charge < -0.3 is 25.8 Å². The molecule has 1 unspecified atom stereocenters. The first kappa shape index (κ1) is 27.3. The van der Waals surface area contributed by atoms with Crippen LogP contribution in [0.2, 0.25) is 4.34 Å². The number of aliphatic hydroxyl groups is 1. The molecule has 1 aromatic rings. The molecule has 1 aliphatic carbocycles. The van der Waals surface area contributed by atoms with E-state index in [0.29, 0.717) is 10.3 Å². The fraction of sp³-hybridized carbons (Fsp3) is 0.700. The Bertz CT molecular complexity index is 688. The van der Waals surface area contributed by atoms with E-state index in [0.717, 1.165) is 37.1 Å². The predicted molar refractivity (Wildman–Crippen MR) is 134 cm³/mol. The first-order valence-electron chi connectivity index (χ1n) is 10.1. The standard InChI is InChI=1S/C20H33ClN4O3S.HI/c1-5-22-18(23-12-15(26)16-10-11-17(21)29-16)24-13-6-8-14(9-7-13)25-19(27)28-20(2,3)4;/h10-11,13-15,26H,5-9,12H2,1-4H3,(H,25,27)(H2,22,23,24);1H. The van der Waals surface area contributed by atoms with Crippen LogP contribution < -0.4 is 16.0 Å². The number of nitrogens with one attached hydrogen (secondary N) is 3. The average molecular weight is 573 g/mol. The lowest BCUT2D eigenvalue weighted by Crippen LogP contribution is -2.48. The van der Waals surface area contributed by atoms with Crippen molar-refractivity contribution in [1.29, 1.82) is 0 Å². The maximum atomic E-state index is 11.9. The van der Waals surface area contributed by atoms with Crippen LogP contribution in [0.5, 0.6) is 0 Å². The summed E-state index contributed by atoms with van der Waals surface area (Å²) in [5, 5.41) is 19.9. The number of alkyl carbamates (subject to hydrolysis) is 1. The van der Waals surface area contributed by atoms with E-state index < -0.39 is 11.7 Å². The van der Waals surface area contributed by atoms with Crippen LogP contribution in [0, 0.1) is 0 Å². The van der Waals surface area contributed by atoms with Gasteiger partial charge in [-0.15, -0.1) is 35.3 Å². The van der Waals surface area contributed by atoms with E-state index in [9.17, 15) is 9.90 Å². The zero-order valence-electron chi connectivity index (χ0n) is 18.0. The second-order valence-corrected chi connectivity index (χ2v) is 9.96. The number of aliphatic imine (C=N–C) groups is 1. The zero-order valence-corrected chi connectivity index (χ0v) is 21.9. The monoisotopic (exact) mass is 572 g/mol. The molecule has 0 radical (unpaired) electrons. The van der Waals surface area contributed by atoms with Gasteiger partial charge in [-0.25, -0.2) is 4.79 Å². The third-order valence-electron chi connectivity index (χ3n) is 4.48. The quantitative estimate of drug-likeness (QED) is 0.230. The SMILES string of the molecule is CCNC(=NCC(O)c1ccc(Cl)s1)NC1CCC(NC(=O)OC(C)(C)C)CC1.I. The van der Waals surface area contributed by atoms with Crippen molar-refractivity contribution in [3.8, 4) is 0 Å². The van der Waals surface area contributed by atoms with Crippen LogP contribution in [0.25, 0.3) is 0 Å². The molecule has 0 saturated heterocycles. The van der Waals surface area contributed by atoms with Crippen molar-refractivity contribution in [3.05, 3.63) is 21.3 Å². The Morgan fingerprint density at radius 2 is 1.87 bits per heavy atom. The minimum absolute atomic E-state index is 0. The van der Waals surface area contributed by atoms with Gasteiger partial charge in [0.1, 0.15) is 11.7 Å². The van der Waals surface area contributed by atoms with Gasteiger partial charge in [0.15, 0.2) is 5.96 Å². The summed E-state index contributed by atoms with van der Waals surface area (Å²) in [6, 6.07) is 4.01. The Labute approximate surface area is 205 Å². The van der Waals surface area contributed by atoms with Gasteiger partial charge in [0.25, 0.3) is 0 Å². The van der Waals surface area contributed by atoms with Crippen molar-refractivity contribution in [2.75, 3.05) is 13.1 Å². The number of ether oxygens (including phenoxy) is 1.